The largest absolute Gasteiger partial charge is 0.399 e. The SMILES string of the molecule is CN(C)CCNc1c(Cl)cc(N)cc1C(N)=O. The Balaban J connectivity index is 2.92. The van der Waals surface area contributed by atoms with E-state index in [0.29, 0.717) is 28.5 Å². The minimum atomic E-state index is -0.549. The first-order valence-corrected chi connectivity index (χ1v) is 5.57. The van der Waals surface area contributed by atoms with Crippen LogP contribution in [0.5, 0.6) is 0 Å². The Bertz CT molecular complexity index is 420. The number of hydrogen-bond acceptors (Lipinski definition) is 4. The van der Waals surface area contributed by atoms with Crippen LogP contribution in [-0.4, -0.2) is 38.0 Å². The number of halogens is 1. The zero-order chi connectivity index (χ0) is 13.0. The summed E-state index contributed by atoms with van der Waals surface area (Å²) in [6.45, 7) is 1.48. The Kier molecular flexibility index (Phi) is 4.60. The summed E-state index contributed by atoms with van der Waals surface area (Å²) in [6.07, 6.45) is 0. The van der Waals surface area contributed by atoms with Crippen LogP contribution >= 0.6 is 11.6 Å². The van der Waals surface area contributed by atoms with E-state index in [9.17, 15) is 4.79 Å². The molecule has 1 amide bonds. The number of carbonyl (C=O) groups is 1. The molecule has 0 saturated heterocycles. The van der Waals surface area contributed by atoms with Gasteiger partial charge in [-0.05, 0) is 26.2 Å². The molecule has 0 bridgehead atoms. The molecule has 0 heterocycles. The van der Waals surface area contributed by atoms with Crippen LogP contribution in [0.2, 0.25) is 5.02 Å². The van der Waals surface area contributed by atoms with Gasteiger partial charge in [-0.2, -0.15) is 0 Å². The van der Waals surface area contributed by atoms with E-state index in [4.69, 9.17) is 23.1 Å². The molecule has 1 aromatic carbocycles. The van der Waals surface area contributed by atoms with Crippen molar-refractivity contribution in [2.24, 2.45) is 5.73 Å². The van der Waals surface area contributed by atoms with E-state index in [1.165, 1.54) is 6.07 Å². The van der Waals surface area contributed by atoms with Crippen LogP contribution in [0.4, 0.5) is 11.4 Å². The van der Waals surface area contributed by atoms with Crippen molar-refractivity contribution in [2.75, 3.05) is 38.2 Å². The molecule has 0 atom stereocenters. The van der Waals surface area contributed by atoms with Gasteiger partial charge in [0.25, 0.3) is 5.91 Å². The second kappa shape index (κ2) is 5.75. The highest BCUT2D eigenvalue weighted by atomic mass is 35.5. The zero-order valence-electron chi connectivity index (χ0n) is 9.96. The molecular formula is C11H17ClN4O. The molecule has 0 aromatic heterocycles. The second-order valence-electron chi connectivity index (χ2n) is 4.02. The highest BCUT2D eigenvalue weighted by Crippen LogP contribution is 2.28. The summed E-state index contributed by atoms with van der Waals surface area (Å²) in [5, 5.41) is 3.49. The van der Waals surface area contributed by atoms with Crippen LogP contribution in [0.3, 0.4) is 0 Å². The summed E-state index contributed by atoms with van der Waals surface area (Å²) in [7, 11) is 3.92. The lowest BCUT2D eigenvalue weighted by molar-refractivity contribution is 0.100. The van der Waals surface area contributed by atoms with Gasteiger partial charge in [0.1, 0.15) is 0 Å². The standard InChI is InChI=1S/C11H17ClN4O/c1-16(2)4-3-15-10-8(11(14)17)5-7(13)6-9(10)12/h5-6,15H,3-4,13H2,1-2H3,(H2,14,17). The van der Waals surface area contributed by atoms with Crippen molar-refractivity contribution in [2.45, 2.75) is 0 Å². The number of anilines is 2. The molecule has 94 valence electrons. The van der Waals surface area contributed by atoms with E-state index in [0.717, 1.165) is 6.54 Å². The number of amides is 1. The quantitative estimate of drug-likeness (QED) is 0.686. The first kappa shape index (κ1) is 13.6. The average Bonchev–Trinajstić information content (AvgIpc) is 2.19. The predicted octanol–water partition coefficient (Wildman–Crippen LogP) is 0.995. The molecule has 0 radical (unpaired) electrons. The average molecular weight is 257 g/mol. The van der Waals surface area contributed by atoms with Crippen molar-refractivity contribution in [3.63, 3.8) is 0 Å². The maximum Gasteiger partial charge on any atom is 0.250 e. The van der Waals surface area contributed by atoms with Crippen molar-refractivity contribution >= 4 is 28.9 Å². The van der Waals surface area contributed by atoms with E-state index < -0.39 is 5.91 Å². The number of likely N-dealkylation sites (N-methyl/N-ethyl adjacent to an activating group) is 1. The third kappa shape index (κ3) is 3.80. The molecule has 1 aromatic rings. The molecule has 0 aliphatic heterocycles. The Morgan fingerprint density at radius 3 is 2.65 bits per heavy atom. The predicted molar refractivity (Wildman–Crippen MR) is 71.4 cm³/mol. The number of nitrogens with zero attached hydrogens (tertiary/aromatic N) is 1. The summed E-state index contributed by atoms with van der Waals surface area (Å²) < 4.78 is 0. The van der Waals surface area contributed by atoms with E-state index in [1.54, 1.807) is 6.07 Å². The molecule has 5 nitrogen and oxygen atoms in total. The summed E-state index contributed by atoms with van der Waals surface area (Å²) in [4.78, 5) is 13.3. The highest BCUT2D eigenvalue weighted by Gasteiger charge is 2.12. The Morgan fingerprint density at radius 1 is 1.47 bits per heavy atom. The summed E-state index contributed by atoms with van der Waals surface area (Å²) in [5.41, 5.74) is 12.2. The van der Waals surface area contributed by atoms with Crippen molar-refractivity contribution < 1.29 is 4.79 Å². The lowest BCUT2D eigenvalue weighted by atomic mass is 10.1. The maximum absolute atomic E-state index is 11.3. The van der Waals surface area contributed by atoms with Crippen molar-refractivity contribution in [1.29, 1.82) is 0 Å². The topological polar surface area (TPSA) is 84.4 Å². The molecule has 5 N–H and O–H groups in total. The van der Waals surface area contributed by atoms with Crippen LogP contribution in [0.1, 0.15) is 10.4 Å². The number of nitrogen functional groups attached to an aromatic ring is 1. The van der Waals surface area contributed by atoms with Gasteiger partial charge < -0.3 is 21.7 Å². The van der Waals surface area contributed by atoms with Gasteiger partial charge in [0.05, 0.1) is 16.3 Å². The fourth-order valence-electron chi connectivity index (χ4n) is 1.41. The van der Waals surface area contributed by atoms with Gasteiger partial charge in [-0.25, -0.2) is 0 Å². The van der Waals surface area contributed by atoms with E-state index in [1.807, 2.05) is 19.0 Å². The number of nitrogens with one attached hydrogen (secondary N) is 1. The van der Waals surface area contributed by atoms with Gasteiger partial charge in [-0.3, -0.25) is 4.79 Å². The van der Waals surface area contributed by atoms with Gasteiger partial charge in [-0.1, -0.05) is 11.6 Å². The smallest absolute Gasteiger partial charge is 0.250 e. The van der Waals surface area contributed by atoms with Gasteiger partial charge >= 0.3 is 0 Å². The lowest BCUT2D eigenvalue weighted by Crippen LogP contribution is -2.22. The fraction of sp³-hybridized carbons (Fsp3) is 0.364. The normalized spacial score (nSPS) is 10.6. The summed E-state index contributed by atoms with van der Waals surface area (Å²) in [6, 6.07) is 3.11. The van der Waals surface area contributed by atoms with Crippen molar-refractivity contribution in [1.82, 2.24) is 4.90 Å². The van der Waals surface area contributed by atoms with E-state index in [2.05, 4.69) is 5.32 Å². The molecule has 0 aliphatic carbocycles. The van der Waals surface area contributed by atoms with Crippen LogP contribution in [-0.2, 0) is 0 Å². The fourth-order valence-corrected chi connectivity index (χ4v) is 1.70. The molecule has 17 heavy (non-hydrogen) atoms. The summed E-state index contributed by atoms with van der Waals surface area (Å²) in [5.74, 6) is -0.549. The minimum Gasteiger partial charge on any atom is -0.399 e. The lowest BCUT2D eigenvalue weighted by Gasteiger charge is -2.15. The third-order valence-corrected chi connectivity index (χ3v) is 2.54. The van der Waals surface area contributed by atoms with Crippen LogP contribution in [0.15, 0.2) is 12.1 Å². The van der Waals surface area contributed by atoms with E-state index in [-0.39, 0.29) is 0 Å². The number of primary amides is 1. The summed E-state index contributed by atoms with van der Waals surface area (Å²) >= 11 is 6.03. The Morgan fingerprint density at radius 2 is 2.12 bits per heavy atom. The molecule has 1 rings (SSSR count). The van der Waals surface area contributed by atoms with Gasteiger partial charge in [0.2, 0.25) is 0 Å². The molecule has 0 spiro atoms. The first-order valence-electron chi connectivity index (χ1n) is 5.19. The van der Waals surface area contributed by atoms with Crippen molar-refractivity contribution in [3.8, 4) is 0 Å². The molecule has 0 aliphatic rings. The van der Waals surface area contributed by atoms with Gasteiger partial charge in [-0.15, -0.1) is 0 Å². The Labute approximate surface area is 106 Å². The number of nitrogens with two attached hydrogens (primary N) is 2. The Hall–Kier alpha value is -1.46. The maximum atomic E-state index is 11.3. The second-order valence-corrected chi connectivity index (χ2v) is 4.43. The molecule has 0 fully saturated rings. The highest BCUT2D eigenvalue weighted by molar-refractivity contribution is 6.34. The van der Waals surface area contributed by atoms with Gasteiger partial charge in [0.15, 0.2) is 0 Å². The number of carbonyl (C=O) groups excluding carboxylic acids is 1. The third-order valence-electron chi connectivity index (χ3n) is 2.24. The number of hydrogen-bond donors (Lipinski definition) is 3. The molecule has 6 heteroatoms. The molecular weight excluding hydrogens is 240 g/mol. The monoisotopic (exact) mass is 256 g/mol. The zero-order valence-corrected chi connectivity index (χ0v) is 10.7. The molecule has 0 unspecified atom stereocenters. The van der Waals surface area contributed by atoms with Gasteiger partial charge in [0, 0.05) is 18.8 Å². The first-order chi connectivity index (χ1) is 7.91. The van der Waals surface area contributed by atoms with E-state index >= 15 is 0 Å². The van der Waals surface area contributed by atoms with Crippen LogP contribution < -0.4 is 16.8 Å². The number of rotatable bonds is 5. The minimum absolute atomic E-state index is 0.314. The van der Waals surface area contributed by atoms with Crippen molar-refractivity contribution in [3.05, 3.63) is 22.7 Å². The number of benzene rings is 1. The van der Waals surface area contributed by atoms with Crippen LogP contribution in [0.25, 0.3) is 0 Å². The molecule has 0 saturated carbocycles. The van der Waals surface area contributed by atoms with Crippen LogP contribution in [0, 0.1) is 0 Å².